The Balaban J connectivity index is 2.03. The number of rotatable bonds is 6. The quantitative estimate of drug-likeness (QED) is 0.683. The molecule has 7 heteroatoms. The lowest BCUT2D eigenvalue weighted by atomic mass is 10.2. The van der Waals surface area contributed by atoms with E-state index < -0.39 is 17.9 Å². The molecule has 0 saturated heterocycles. The third-order valence-electron chi connectivity index (χ3n) is 2.40. The van der Waals surface area contributed by atoms with Gasteiger partial charge in [-0.15, -0.1) is 0 Å². The number of hydrogen-bond donors (Lipinski definition) is 2. The van der Waals surface area contributed by atoms with Crippen LogP contribution in [0.4, 0.5) is 4.79 Å². The van der Waals surface area contributed by atoms with Gasteiger partial charge >= 0.3 is 6.09 Å². The first-order chi connectivity index (χ1) is 9.29. The molecule has 1 rings (SSSR count). The van der Waals surface area contributed by atoms with Crippen molar-refractivity contribution in [2.75, 3.05) is 26.3 Å². The Hall–Kier alpha value is -1.60. The Morgan fingerprint density at radius 1 is 1.45 bits per heavy atom. The standard InChI is InChI=1S/C13H22N2O5/c1-13(2,3)20-12(18)14-6-8-19-9-7-15-10(16)4-5-11(15)17/h4-5,10,16H,6-9H2,1-3H3,(H,14,18). The highest BCUT2D eigenvalue weighted by Crippen LogP contribution is 2.07. The van der Waals surface area contributed by atoms with Crippen LogP contribution in [0.25, 0.3) is 0 Å². The van der Waals surface area contributed by atoms with Crippen molar-refractivity contribution in [1.29, 1.82) is 0 Å². The lowest BCUT2D eigenvalue weighted by Gasteiger charge is -2.20. The van der Waals surface area contributed by atoms with Crippen LogP contribution in [0, 0.1) is 0 Å². The van der Waals surface area contributed by atoms with Crippen LogP contribution in [0.2, 0.25) is 0 Å². The molecule has 20 heavy (non-hydrogen) atoms. The predicted octanol–water partition coefficient (Wildman–Crippen LogP) is 0.245. The minimum Gasteiger partial charge on any atom is -0.444 e. The molecule has 1 atom stereocenters. The second-order valence-corrected chi connectivity index (χ2v) is 5.35. The molecule has 0 aromatic rings. The minimum atomic E-state index is -0.869. The maximum atomic E-state index is 11.3. The molecule has 114 valence electrons. The number of aliphatic hydroxyl groups excluding tert-OH is 1. The van der Waals surface area contributed by atoms with Gasteiger partial charge in [-0.2, -0.15) is 0 Å². The predicted molar refractivity (Wildman–Crippen MR) is 71.9 cm³/mol. The molecule has 1 aliphatic rings. The topological polar surface area (TPSA) is 88.1 Å². The van der Waals surface area contributed by atoms with Gasteiger partial charge in [0.15, 0.2) is 0 Å². The highest BCUT2D eigenvalue weighted by molar-refractivity contribution is 5.90. The van der Waals surface area contributed by atoms with E-state index in [-0.39, 0.29) is 5.91 Å². The molecule has 0 saturated carbocycles. The fraction of sp³-hybridized carbons (Fsp3) is 0.692. The molecule has 2 amide bonds. The molecule has 7 nitrogen and oxygen atoms in total. The normalized spacial score (nSPS) is 18.5. The summed E-state index contributed by atoms with van der Waals surface area (Å²) >= 11 is 0. The number of hydrogen-bond acceptors (Lipinski definition) is 5. The molecule has 0 aliphatic carbocycles. The van der Waals surface area contributed by atoms with Crippen molar-refractivity contribution < 1.29 is 24.2 Å². The highest BCUT2D eigenvalue weighted by Gasteiger charge is 2.22. The fourth-order valence-corrected chi connectivity index (χ4v) is 1.55. The first-order valence-electron chi connectivity index (χ1n) is 6.51. The van der Waals surface area contributed by atoms with Gasteiger partial charge in [0.2, 0.25) is 5.91 Å². The summed E-state index contributed by atoms with van der Waals surface area (Å²) in [7, 11) is 0. The molecule has 0 bridgehead atoms. The minimum absolute atomic E-state index is 0.229. The van der Waals surface area contributed by atoms with Gasteiger partial charge in [0.1, 0.15) is 11.8 Å². The summed E-state index contributed by atoms with van der Waals surface area (Å²) in [6.45, 7) is 6.59. The zero-order valence-corrected chi connectivity index (χ0v) is 12.1. The third-order valence-corrected chi connectivity index (χ3v) is 2.40. The van der Waals surface area contributed by atoms with Crippen LogP contribution in [0.5, 0.6) is 0 Å². The Morgan fingerprint density at radius 2 is 2.15 bits per heavy atom. The SMILES string of the molecule is CC(C)(C)OC(=O)NCCOCCN1C(=O)C=CC1O. The molecule has 1 aliphatic heterocycles. The summed E-state index contributed by atoms with van der Waals surface area (Å²) in [5, 5.41) is 12.0. The van der Waals surface area contributed by atoms with Crippen molar-refractivity contribution in [2.24, 2.45) is 0 Å². The van der Waals surface area contributed by atoms with Gasteiger partial charge < -0.3 is 24.8 Å². The zero-order valence-electron chi connectivity index (χ0n) is 12.1. The van der Waals surface area contributed by atoms with E-state index in [4.69, 9.17) is 9.47 Å². The number of nitrogens with zero attached hydrogens (tertiary/aromatic N) is 1. The highest BCUT2D eigenvalue weighted by atomic mass is 16.6. The number of carbonyl (C=O) groups is 2. The smallest absolute Gasteiger partial charge is 0.407 e. The molecule has 1 heterocycles. The largest absolute Gasteiger partial charge is 0.444 e. The fourth-order valence-electron chi connectivity index (χ4n) is 1.55. The molecule has 2 N–H and O–H groups in total. The first kappa shape index (κ1) is 16.5. The van der Waals surface area contributed by atoms with E-state index in [2.05, 4.69) is 5.32 Å². The van der Waals surface area contributed by atoms with E-state index in [9.17, 15) is 14.7 Å². The van der Waals surface area contributed by atoms with Crippen molar-refractivity contribution in [2.45, 2.75) is 32.6 Å². The van der Waals surface area contributed by atoms with Gasteiger partial charge in [-0.05, 0) is 26.8 Å². The van der Waals surface area contributed by atoms with E-state index >= 15 is 0 Å². The van der Waals surface area contributed by atoms with Crippen LogP contribution in [0.1, 0.15) is 20.8 Å². The maximum Gasteiger partial charge on any atom is 0.407 e. The Morgan fingerprint density at radius 3 is 2.70 bits per heavy atom. The van der Waals surface area contributed by atoms with E-state index in [0.717, 1.165) is 0 Å². The number of ether oxygens (including phenoxy) is 2. The summed E-state index contributed by atoms with van der Waals surface area (Å²) < 4.78 is 10.3. The van der Waals surface area contributed by atoms with Crippen molar-refractivity contribution in [3.05, 3.63) is 12.2 Å². The number of amides is 2. The van der Waals surface area contributed by atoms with Crippen LogP contribution < -0.4 is 5.32 Å². The average Bonchev–Trinajstić information content (AvgIpc) is 2.62. The molecule has 0 radical (unpaired) electrons. The summed E-state index contributed by atoms with van der Waals surface area (Å²) in [6.07, 6.45) is 1.39. The van der Waals surface area contributed by atoms with Gasteiger partial charge in [-0.25, -0.2) is 4.79 Å². The van der Waals surface area contributed by atoms with Gasteiger partial charge in [0.05, 0.1) is 13.2 Å². The number of aliphatic hydroxyl groups is 1. The van der Waals surface area contributed by atoms with Crippen LogP contribution in [0.15, 0.2) is 12.2 Å². The van der Waals surface area contributed by atoms with E-state index in [1.54, 1.807) is 20.8 Å². The Labute approximate surface area is 118 Å². The van der Waals surface area contributed by atoms with Crippen molar-refractivity contribution in [3.8, 4) is 0 Å². The maximum absolute atomic E-state index is 11.3. The molecule has 0 aromatic heterocycles. The summed E-state index contributed by atoms with van der Waals surface area (Å²) in [4.78, 5) is 23.9. The van der Waals surface area contributed by atoms with E-state index in [1.165, 1.54) is 17.1 Å². The van der Waals surface area contributed by atoms with E-state index in [0.29, 0.717) is 26.3 Å². The lowest BCUT2D eigenvalue weighted by molar-refractivity contribution is -0.131. The molecule has 1 unspecified atom stereocenters. The number of alkyl carbamates (subject to hydrolysis) is 1. The van der Waals surface area contributed by atoms with E-state index in [1.807, 2.05) is 0 Å². The van der Waals surface area contributed by atoms with Crippen molar-refractivity contribution >= 4 is 12.0 Å². The third kappa shape index (κ3) is 6.03. The molecule has 0 spiro atoms. The zero-order chi connectivity index (χ0) is 15.2. The molecule has 0 fully saturated rings. The number of nitrogens with one attached hydrogen (secondary N) is 1. The number of carbonyl (C=O) groups excluding carboxylic acids is 2. The summed E-state index contributed by atoms with van der Waals surface area (Å²) in [5.41, 5.74) is -0.524. The van der Waals surface area contributed by atoms with Crippen LogP contribution in [-0.4, -0.2) is 60.1 Å². The van der Waals surface area contributed by atoms with Crippen LogP contribution in [-0.2, 0) is 14.3 Å². The average molecular weight is 286 g/mol. The molecular weight excluding hydrogens is 264 g/mol. The van der Waals surface area contributed by atoms with Gasteiger partial charge in [-0.1, -0.05) is 0 Å². The van der Waals surface area contributed by atoms with Crippen LogP contribution >= 0.6 is 0 Å². The second kappa shape index (κ2) is 7.25. The Bertz CT molecular complexity index is 375. The van der Waals surface area contributed by atoms with Crippen LogP contribution in [0.3, 0.4) is 0 Å². The summed E-state index contributed by atoms with van der Waals surface area (Å²) in [5.74, 6) is -0.229. The lowest BCUT2D eigenvalue weighted by Crippen LogP contribution is -2.37. The molecule has 0 aromatic carbocycles. The summed E-state index contributed by atoms with van der Waals surface area (Å²) in [6, 6.07) is 0. The van der Waals surface area contributed by atoms with Gasteiger partial charge in [0, 0.05) is 19.2 Å². The van der Waals surface area contributed by atoms with Crippen molar-refractivity contribution in [3.63, 3.8) is 0 Å². The Kier molecular flexibility index (Phi) is 5.97. The monoisotopic (exact) mass is 286 g/mol. The van der Waals surface area contributed by atoms with Gasteiger partial charge in [-0.3, -0.25) is 4.79 Å². The molecular formula is C13H22N2O5. The first-order valence-corrected chi connectivity index (χ1v) is 6.51. The second-order valence-electron chi connectivity index (χ2n) is 5.35. The van der Waals surface area contributed by atoms with Gasteiger partial charge in [0.25, 0.3) is 0 Å². The van der Waals surface area contributed by atoms with Crippen molar-refractivity contribution in [1.82, 2.24) is 10.2 Å².